The second kappa shape index (κ2) is 10.4. The first kappa shape index (κ1) is 24.6. The number of aromatic nitrogens is 1. The minimum Gasteiger partial charge on any atom is -0.318 e. The summed E-state index contributed by atoms with van der Waals surface area (Å²) in [6.45, 7) is 2.87. The second-order valence-corrected chi connectivity index (χ2v) is 9.07. The van der Waals surface area contributed by atoms with Gasteiger partial charge in [0.25, 0.3) is 11.8 Å². The van der Waals surface area contributed by atoms with E-state index in [-0.39, 0.29) is 18.4 Å². The van der Waals surface area contributed by atoms with Gasteiger partial charge in [-0.1, -0.05) is 48.9 Å². The van der Waals surface area contributed by atoms with Crippen molar-refractivity contribution in [2.75, 3.05) is 25.0 Å². The number of carbonyl (C=O) groups excluding carboxylic acids is 4. The van der Waals surface area contributed by atoms with Crippen molar-refractivity contribution in [2.45, 2.75) is 31.7 Å². The Morgan fingerprint density at radius 3 is 2.49 bits per heavy atom. The van der Waals surface area contributed by atoms with E-state index in [1.54, 1.807) is 43.3 Å². The third-order valence-electron chi connectivity index (χ3n) is 6.43. The summed E-state index contributed by atoms with van der Waals surface area (Å²) < 4.78 is 0. The molecule has 3 heterocycles. The summed E-state index contributed by atoms with van der Waals surface area (Å²) in [5, 5.41) is 6.77. The number of amides is 5. The Kier molecular flexibility index (Phi) is 7.32. The van der Waals surface area contributed by atoms with Crippen molar-refractivity contribution in [2.24, 2.45) is 5.92 Å². The lowest BCUT2D eigenvalue weighted by Gasteiger charge is -2.31. The molecule has 10 nitrogen and oxygen atoms in total. The highest BCUT2D eigenvalue weighted by molar-refractivity contribution is 6.30. The van der Waals surface area contributed by atoms with Gasteiger partial charge in [0.15, 0.2) is 0 Å². The first-order valence-electron chi connectivity index (χ1n) is 11.5. The minimum atomic E-state index is -1.21. The Bertz CT molecular complexity index is 1100. The highest BCUT2D eigenvalue weighted by Crippen LogP contribution is 2.31. The number of nitrogens with one attached hydrogen (secondary N) is 3. The first-order valence-corrected chi connectivity index (χ1v) is 11.9. The molecule has 35 heavy (non-hydrogen) atoms. The van der Waals surface area contributed by atoms with Crippen molar-refractivity contribution in [3.8, 4) is 0 Å². The van der Waals surface area contributed by atoms with Crippen molar-refractivity contribution in [3.05, 3.63) is 59.2 Å². The molecule has 0 aliphatic carbocycles. The quantitative estimate of drug-likeness (QED) is 0.503. The molecule has 2 aliphatic heterocycles. The van der Waals surface area contributed by atoms with Gasteiger partial charge in [0.2, 0.25) is 5.91 Å². The number of likely N-dealkylation sites (tertiary alicyclic amines) is 1. The Hall–Kier alpha value is -3.50. The summed E-state index contributed by atoms with van der Waals surface area (Å²) in [7, 11) is 0. The molecule has 4 rings (SSSR count). The molecule has 0 spiro atoms. The highest BCUT2D eigenvalue weighted by atomic mass is 35.5. The molecule has 2 fully saturated rings. The molecule has 0 saturated carbocycles. The molecule has 11 heteroatoms. The van der Waals surface area contributed by atoms with Crippen molar-refractivity contribution in [3.63, 3.8) is 0 Å². The lowest BCUT2D eigenvalue weighted by atomic mass is 9.87. The van der Waals surface area contributed by atoms with E-state index in [9.17, 15) is 19.2 Å². The number of piperidine rings is 1. The van der Waals surface area contributed by atoms with Gasteiger partial charge in [0.05, 0.1) is 11.6 Å². The van der Waals surface area contributed by atoms with Crippen LogP contribution in [0.3, 0.4) is 0 Å². The fourth-order valence-electron chi connectivity index (χ4n) is 4.43. The zero-order chi connectivity index (χ0) is 25.0. The molecule has 0 bridgehead atoms. The summed E-state index contributed by atoms with van der Waals surface area (Å²) in [6.07, 6.45) is 2.95. The van der Waals surface area contributed by atoms with E-state index in [2.05, 4.69) is 21.0 Å². The third-order valence-corrected chi connectivity index (χ3v) is 6.65. The molecule has 1 unspecified atom stereocenters. The van der Waals surface area contributed by atoms with E-state index in [0.29, 0.717) is 48.8 Å². The van der Waals surface area contributed by atoms with E-state index in [1.807, 2.05) is 11.0 Å². The van der Waals surface area contributed by atoms with E-state index >= 15 is 0 Å². The number of carbonyl (C=O) groups is 4. The number of imide groups is 1. The molecule has 1 aromatic carbocycles. The summed E-state index contributed by atoms with van der Waals surface area (Å²) in [5.74, 6) is -0.875. The Morgan fingerprint density at radius 2 is 1.86 bits per heavy atom. The molecule has 5 amide bonds. The Morgan fingerprint density at radius 1 is 1.14 bits per heavy atom. The van der Waals surface area contributed by atoms with E-state index in [1.165, 1.54) is 6.20 Å². The molecule has 1 aromatic heterocycles. The van der Waals surface area contributed by atoms with Crippen LogP contribution in [-0.2, 0) is 19.9 Å². The number of halogens is 1. The maximum Gasteiger partial charge on any atom is 0.344 e. The van der Waals surface area contributed by atoms with Crippen LogP contribution in [0.15, 0.2) is 48.7 Å². The minimum absolute atomic E-state index is 0.00853. The normalized spacial score (nSPS) is 21.0. The standard InChI is InChI=1S/C24H27ClN6O4/c1-2-24(17-6-4-3-5-7-17)22(34)31(23(35)28-24)29-20(32)15-30-12-10-16(11-13-30)21(33)27-19-9-8-18(25)14-26-19/h3-9,14,16H,2,10-13,15H2,1H3,(H,28,35)(H,29,32)(H,26,27,33). The van der Waals surface area contributed by atoms with Crippen molar-refractivity contribution >= 4 is 41.2 Å². The van der Waals surface area contributed by atoms with Gasteiger partial charge in [-0.25, -0.2) is 9.78 Å². The average Bonchev–Trinajstić information content (AvgIpc) is 3.11. The molecule has 184 valence electrons. The van der Waals surface area contributed by atoms with Gasteiger partial charge in [-0.3, -0.25) is 24.7 Å². The van der Waals surface area contributed by atoms with Gasteiger partial charge in [-0.2, -0.15) is 5.01 Å². The van der Waals surface area contributed by atoms with Crippen LogP contribution in [0, 0.1) is 5.92 Å². The number of rotatable bonds is 7. The van der Waals surface area contributed by atoms with Crippen LogP contribution in [0.4, 0.5) is 10.6 Å². The van der Waals surface area contributed by atoms with Gasteiger partial charge in [0, 0.05) is 12.1 Å². The molecular weight excluding hydrogens is 472 g/mol. The lowest BCUT2D eigenvalue weighted by molar-refractivity contribution is -0.140. The summed E-state index contributed by atoms with van der Waals surface area (Å²) in [6, 6.07) is 11.6. The average molecular weight is 499 g/mol. The highest BCUT2D eigenvalue weighted by Gasteiger charge is 2.52. The molecule has 2 aliphatic rings. The maximum atomic E-state index is 13.1. The number of pyridine rings is 1. The predicted octanol–water partition coefficient (Wildman–Crippen LogP) is 2.27. The SMILES string of the molecule is CCC1(c2ccccc2)NC(=O)N(NC(=O)CN2CCC(C(=O)Nc3ccc(Cl)cn3)CC2)C1=O. The largest absolute Gasteiger partial charge is 0.344 e. The summed E-state index contributed by atoms with van der Waals surface area (Å²) >= 11 is 5.82. The zero-order valence-corrected chi connectivity index (χ0v) is 20.0. The monoisotopic (exact) mass is 498 g/mol. The predicted molar refractivity (Wildman–Crippen MR) is 129 cm³/mol. The van der Waals surface area contributed by atoms with Crippen molar-refractivity contribution in [1.82, 2.24) is 25.6 Å². The van der Waals surface area contributed by atoms with Crippen LogP contribution in [0.2, 0.25) is 5.02 Å². The second-order valence-electron chi connectivity index (χ2n) is 8.63. The Labute approximate surface area is 208 Å². The first-order chi connectivity index (χ1) is 16.8. The number of benzene rings is 1. The summed E-state index contributed by atoms with van der Waals surface area (Å²) in [5.41, 5.74) is 1.90. The smallest absolute Gasteiger partial charge is 0.318 e. The number of hydrogen-bond acceptors (Lipinski definition) is 6. The van der Waals surface area contributed by atoms with Crippen molar-refractivity contribution < 1.29 is 19.2 Å². The van der Waals surface area contributed by atoms with Gasteiger partial charge in [0.1, 0.15) is 11.4 Å². The number of hydrazine groups is 1. The van der Waals surface area contributed by atoms with Crippen LogP contribution in [0.5, 0.6) is 0 Å². The fraction of sp³-hybridized carbons (Fsp3) is 0.375. The number of urea groups is 1. The Balaban J connectivity index is 1.28. The van der Waals surface area contributed by atoms with Gasteiger partial charge >= 0.3 is 6.03 Å². The lowest BCUT2D eigenvalue weighted by Crippen LogP contribution is -2.52. The number of nitrogens with zero attached hydrogens (tertiary/aromatic N) is 3. The van der Waals surface area contributed by atoms with Gasteiger partial charge < -0.3 is 10.6 Å². The molecule has 1 atom stereocenters. The molecular formula is C24H27ClN6O4. The molecule has 2 saturated heterocycles. The van der Waals surface area contributed by atoms with E-state index < -0.39 is 23.4 Å². The van der Waals surface area contributed by atoms with E-state index in [4.69, 9.17) is 11.6 Å². The third kappa shape index (κ3) is 5.28. The summed E-state index contributed by atoms with van der Waals surface area (Å²) in [4.78, 5) is 56.8. The van der Waals surface area contributed by atoms with Gasteiger partial charge in [-0.05, 0) is 50.0 Å². The fourth-order valence-corrected chi connectivity index (χ4v) is 4.54. The van der Waals surface area contributed by atoms with Crippen molar-refractivity contribution in [1.29, 1.82) is 0 Å². The van der Waals surface area contributed by atoms with Crippen LogP contribution in [0.1, 0.15) is 31.7 Å². The molecule has 3 N–H and O–H groups in total. The van der Waals surface area contributed by atoms with Crippen LogP contribution >= 0.6 is 11.6 Å². The zero-order valence-electron chi connectivity index (χ0n) is 19.3. The van der Waals surface area contributed by atoms with Gasteiger partial charge in [-0.15, -0.1) is 0 Å². The molecule has 0 radical (unpaired) electrons. The van der Waals surface area contributed by atoms with Crippen LogP contribution in [0.25, 0.3) is 0 Å². The number of hydrogen-bond donors (Lipinski definition) is 3. The van der Waals surface area contributed by atoms with Crippen LogP contribution in [-0.4, -0.2) is 58.3 Å². The van der Waals surface area contributed by atoms with E-state index in [0.717, 1.165) is 5.01 Å². The molecule has 2 aromatic rings. The number of anilines is 1. The van der Waals surface area contributed by atoms with Crippen LogP contribution < -0.4 is 16.1 Å². The topological polar surface area (TPSA) is 124 Å². The maximum absolute atomic E-state index is 13.1.